The lowest BCUT2D eigenvalue weighted by Crippen LogP contribution is -1.84. The zero-order chi connectivity index (χ0) is 12.1. The van der Waals surface area contributed by atoms with Crippen molar-refractivity contribution in [1.82, 2.24) is 0 Å². The molecular weight excluding hydrogens is 184 g/mol. The third-order valence-electron chi connectivity index (χ3n) is 1.83. The molecule has 0 bridgehead atoms. The van der Waals surface area contributed by atoms with Gasteiger partial charge < -0.3 is 4.74 Å². The minimum atomic E-state index is 0.844. The highest BCUT2D eigenvalue weighted by Gasteiger charge is 1.83. The molecule has 15 heavy (non-hydrogen) atoms. The molecule has 1 aromatic rings. The molecule has 0 radical (unpaired) electrons. The Labute approximate surface area is 94.8 Å². The van der Waals surface area contributed by atoms with Crippen molar-refractivity contribution in [2.45, 2.75) is 27.7 Å². The second-order valence-electron chi connectivity index (χ2n) is 2.87. The number of benzene rings is 1. The first-order valence-electron chi connectivity index (χ1n) is 5.32. The summed E-state index contributed by atoms with van der Waals surface area (Å²) in [5.41, 5.74) is 2.74. The molecule has 1 heteroatoms. The maximum absolute atomic E-state index is 4.83. The van der Waals surface area contributed by atoms with E-state index in [0.717, 1.165) is 13.2 Å². The average Bonchev–Trinajstić information content (AvgIpc) is 2.27. The molecule has 0 unspecified atom stereocenters. The van der Waals surface area contributed by atoms with E-state index in [0.29, 0.717) is 0 Å². The van der Waals surface area contributed by atoms with Gasteiger partial charge in [0.25, 0.3) is 0 Å². The molecule has 0 saturated carbocycles. The summed E-state index contributed by atoms with van der Waals surface area (Å²) in [6.45, 7) is 15.9. The van der Waals surface area contributed by atoms with Crippen LogP contribution in [-0.2, 0) is 4.74 Å². The Morgan fingerprint density at radius 1 is 0.933 bits per heavy atom. The number of hydrogen-bond donors (Lipinski definition) is 0. The number of aryl methyl sites for hydroxylation is 2. The van der Waals surface area contributed by atoms with Crippen molar-refractivity contribution < 1.29 is 4.74 Å². The normalized spacial score (nSPS) is 8.00. The van der Waals surface area contributed by atoms with Crippen LogP contribution >= 0.6 is 0 Å². The monoisotopic (exact) mass is 208 g/mol. The van der Waals surface area contributed by atoms with E-state index in [-0.39, 0.29) is 0 Å². The molecule has 0 spiro atoms. The van der Waals surface area contributed by atoms with Crippen molar-refractivity contribution in [3.8, 4) is 0 Å². The van der Waals surface area contributed by atoms with Gasteiger partial charge in [0.2, 0.25) is 0 Å². The van der Waals surface area contributed by atoms with E-state index in [1.165, 1.54) is 11.1 Å². The summed E-state index contributed by atoms with van der Waals surface area (Å²) in [4.78, 5) is 0. The molecule has 0 aliphatic carbocycles. The first kappa shape index (κ1) is 16.4. The lowest BCUT2D eigenvalue weighted by molar-refractivity contribution is 0.162. The molecule has 86 valence electrons. The molecule has 0 amide bonds. The van der Waals surface area contributed by atoms with Crippen LogP contribution in [0.3, 0.4) is 0 Å². The minimum Gasteiger partial charge on any atom is -0.382 e. The minimum absolute atomic E-state index is 0.844. The van der Waals surface area contributed by atoms with Crippen molar-refractivity contribution in [2.75, 3.05) is 13.2 Å². The second kappa shape index (κ2) is 12.9. The van der Waals surface area contributed by atoms with Gasteiger partial charge >= 0.3 is 0 Å². The fraction of sp³-hybridized carbons (Fsp3) is 0.429. The van der Waals surface area contributed by atoms with E-state index in [9.17, 15) is 0 Å². The van der Waals surface area contributed by atoms with Crippen LogP contribution < -0.4 is 0 Å². The summed E-state index contributed by atoms with van der Waals surface area (Å²) >= 11 is 0. The largest absolute Gasteiger partial charge is 0.382 e. The van der Waals surface area contributed by atoms with Crippen LogP contribution in [0.1, 0.15) is 25.0 Å². The SMILES string of the molecule is C=C.CCOCC.Cc1ccccc1C. The Morgan fingerprint density at radius 3 is 1.40 bits per heavy atom. The highest BCUT2D eigenvalue weighted by atomic mass is 16.5. The summed E-state index contributed by atoms with van der Waals surface area (Å²) in [5.74, 6) is 0. The highest BCUT2D eigenvalue weighted by molar-refractivity contribution is 5.23. The van der Waals surface area contributed by atoms with E-state index in [1.54, 1.807) is 0 Å². The first-order chi connectivity index (χ1) is 7.22. The Balaban J connectivity index is 0. The fourth-order valence-electron chi connectivity index (χ4n) is 0.867. The third kappa shape index (κ3) is 10.8. The van der Waals surface area contributed by atoms with Crippen LogP contribution in [0.2, 0.25) is 0 Å². The van der Waals surface area contributed by atoms with Crippen LogP contribution in [0.4, 0.5) is 0 Å². The van der Waals surface area contributed by atoms with Gasteiger partial charge in [-0.1, -0.05) is 24.3 Å². The first-order valence-corrected chi connectivity index (χ1v) is 5.32. The van der Waals surface area contributed by atoms with Crippen LogP contribution in [0.15, 0.2) is 37.4 Å². The Kier molecular flexibility index (Phi) is 14.1. The van der Waals surface area contributed by atoms with E-state index < -0.39 is 0 Å². The molecule has 1 nitrogen and oxygen atoms in total. The van der Waals surface area contributed by atoms with Gasteiger partial charge in [0.1, 0.15) is 0 Å². The maximum atomic E-state index is 4.83. The van der Waals surface area contributed by atoms with Gasteiger partial charge in [-0.2, -0.15) is 0 Å². The summed E-state index contributed by atoms with van der Waals surface area (Å²) in [5, 5.41) is 0. The number of rotatable bonds is 2. The van der Waals surface area contributed by atoms with Crippen molar-refractivity contribution in [3.05, 3.63) is 48.6 Å². The summed E-state index contributed by atoms with van der Waals surface area (Å²) in [6, 6.07) is 8.36. The van der Waals surface area contributed by atoms with Crippen molar-refractivity contribution in [1.29, 1.82) is 0 Å². The van der Waals surface area contributed by atoms with Crippen LogP contribution in [0, 0.1) is 13.8 Å². The smallest absolute Gasteiger partial charge is 0.0437 e. The molecule has 0 fully saturated rings. The van der Waals surface area contributed by atoms with Gasteiger partial charge in [0.15, 0.2) is 0 Å². The standard InChI is InChI=1S/C8H10.C4H10O.C2H4/c1-7-5-3-4-6-8(7)2;1-3-5-4-2;1-2/h3-6H,1-2H3;3-4H2,1-2H3;1-2H2. The zero-order valence-corrected chi connectivity index (χ0v) is 10.5. The molecule has 0 saturated heterocycles. The van der Waals surface area contributed by atoms with Crippen LogP contribution in [-0.4, -0.2) is 13.2 Å². The quantitative estimate of drug-likeness (QED) is 0.663. The van der Waals surface area contributed by atoms with Gasteiger partial charge in [0.05, 0.1) is 0 Å². The molecule has 0 aliphatic rings. The molecular formula is C14H24O. The van der Waals surface area contributed by atoms with E-state index in [2.05, 4.69) is 51.3 Å². The predicted octanol–water partition coefficient (Wildman–Crippen LogP) is 4.15. The lowest BCUT2D eigenvalue weighted by atomic mass is 10.1. The van der Waals surface area contributed by atoms with Gasteiger partial charge in [-0.15, -0.1) is 13.2 Å². The summed E-state index contributed by atoms with van der Waals surface area (Å²) in [7, 11) is 0. The topological polar surface area (TPSA) is 9.23 Å². The fourth-order valence-corrected chi connectivity index (χ4v) is 0.867. The molecule has 0 heterocycles. The van der Waals surface area contributed by atoms with E-state index in [4.69, 9.17) is 4.74 Å². The van der Waals surface area contributed by atoms with E-state index >= 15 is 0 Å². The highest BCUT2D eigenvalue weighted by Crippen LogP contribution is 2.02. The summed E-state index contributed by atoms with van der Waals surface area (Å²) < 4.78 is 4.83. The van der Waals surface area contributed by atoms with Gasteiger partial charge in [0, 0.05) is 13.2 Å². The number of ether oxygens (including phenoxy) is 1. The molecule has 0 aromatic heterocycles. The Hall–Kier alpha value is -1.08. The lowest BCUT2D eigenvalue weighted by Gasteiger charge is -1.93. The Morgan fingerprint density at radius 2 is 1.27 bits per heavy atom. The van der Waals surface area contributed by atoms with Crippen molar-refractivity contribution in [2.24, 2.45) is 0 Å². The summed E-state index contributed by atoms with van der Waals surface area (Å²) in [6.07, 6.45) is 0. The second-order valence-corrected chi connectivity index (χ2v) is 2.87. The maximum Gasteiger partial charge on any atom is 0.0437 e. The third-order valence-corrected chi connectivity index (χ3v) is 1.83. The van der Waals surface area contributed by atoms with Gasteiger partial charge in [-0.05, 0) is 38.8 Å². The molecule has 1 rings (SSSR count). The predicted molar refractivity (Wildman–Crippen MR) is 69.3 cm³/mol. The number of hydrogen-bond acceptors (Lipinski definition) is 1. The van der Waals surface area contributed by atoms with Crippen LogP contribution in [0.25, 0.3) is 0 Å². The Bertz CT molecular complexity index is 208. The van der Waals surface area contributed by atoms with E-state index in [1.807, 2.05) is 13.8 Å². The van der Waals surface area contributed by atoms with Crippen molar-refractivity contribution in [3.63, 3.8) is 0 Å². The molecule has 0 atom stereocenters. The van der Waals surface area contributed by atoms with Gasteiger partial charge in [-0.25, -0.2) is 0 Å². The zero-order valence-electron chi connectivity index (χ0n) is 10.5. The average molecular weight is 208 g/mol. The molecule has 1 aromatic carbocycles. The van der Waals surface area contributed by atoms with Gasteiger partial charge in [-0.3, -0.25) is 0 Å². The van der Waals surface area contributed by atoms with Crippen LogP contribution in [0.5, 0.6) is 0 Å². The molecule has 0 N–H and O–H groups in total. The van der Waals surface area contributed by atoms with Crippen molar-refractivity contribution >= 4 is 0 Å². The molecule has 0 aliphatic heterocycles.